The summed E-state index contributed by atoms with van der Waals surface area (Å²) in [5.41, 5.74) is 12.2. The van der Waals surface area contributed by atoms with Crippen LogP contribution in [0.15, 0.2) is 24.3 Å². The molecule has 0 saturated carbocycles. The van der Waals surface area contributed by atoms with E-state index < -0.39 is 0 Å². The van der Waals surface area contributed by atoms with E-state index in [0.29, 0.717) is 12.8 Å². The Morgan fingerprint density at radius 2 is 1.14 bits per heavy atom. The molecule has 0 radical (unpaired) electrons. The summed E-state index contributed by atoms with van der Waals surface area (Å²) in [5, 5.41) is 15.6. The molecule has 0 aliphatic heterocycles. The lowest BCUT2D eigenvalue weighted by Gasteiger charge is -1.90. The first-order valence-corrected chi connectivity index (χ1v) is 4.05. The predicted molar refractivity (Wildman–Crippen MR) is 55.7 cm³/mol. The van der Waals surface area contributed by atoms with Gasteiger partial charge in [-0.2, -0.15) is 10.5 Å². The Morgan fingerprint density at radius 3 is 1.36 bits per heavy atom. The summed E-state index contributed by atoms with van der Waals surface area (Å²) in [6, 6.07) is 10.8. The molecule has 0 saturated heterocycles. The molecule has 1 aromatic carbocycles. The number of rotatable bonds is 1. The SMILES string of the molecule is N#CCCC#N.Nc1ccc(N)cc1. The average Bonchev–Trinajstić information content (AvgIpc) is 2.20. The lowest BCUT2D eigenvalue weighted by Crippen LogP contribution is -1.86. The Balaban J connectivity index is 0.000000255. The topological polar surface area (TPSA) is 99.6 Å². The lowest BCUT2D eigenvalue weighted by molar-refractivity contribution is 1.07. The molecule has 0 aliphatic carbocycles. The molecule has 0 unspecified atom stereocenters. The maximum atomic E-state index is 7.80. The molecule has 0 spiro atoms. The first-order valence-electron chi connectivity index (χ1n) is 4.05. The van der Waals surface area contributed by atoms with E-state index in [-0.39, 0.29) is 0 Å². The van der Waals surface area contributed by atoms with Gasteiger partial charge in [0.2, 0.25) is 0 Å². The van der Waals surface area contributed by atoms with E-state index in [4.69, 9.17) is 22.0 Å². The van der Waals surface area contributed by atoms with Gasteiger partial charge in [0.15, 0.2) is 0 Å². The second kappa shape index (κ2) is 7.45. The number of benzene rings is 1. The quantitative estimate of drug-likeness (QED) is 0.517. The molecule has 4 heteroatoms. The molecule has 0 bridgehead atoms. The zero-order chi connectivity index (χ0) is 10.8. The van der Waals surface area contributed by atoms with Gasteiger partial charge in [0, 0.05) is 24.2 Å². The molecule has 1 aromatic rings. The minimum absolute atomic E-state index is 0.358. The number of nitrogen functional groups attached to an aromatic ring is 2. The van der Waals surface area contributed by atoms with E-state index in [2.05, 4.69) is 0 Å². The summed E-state index contributed by atoms with van der Waals surface area (Å²) in [5.74, 6) is 0. The Hall–Kier alpha value is -2.20. The van der Waals surface area contributed by atoms with Gasteiger partial charge in [0.25, 0.3) is 0 Å². The molecule has 0 heterocycles. The van der Waals surface area contributed by atoms with Crippen LogP contribution < -0.4 is 11.5 Å². The van der Waals surface area contributed by atoms with Gasteiger partial charge in [-0.25, -0.2) is 0 Å². The monoisotopic (exact) mass is 188 g/mol. The third-order valence-electron chi connectivity index (χ3n) is 1.29. The zero-order valence-electron chi connectivity index (χ0n) is 7.77. The number of hydrogen-bond acceptors (Lipinski definition) is 4. The van der Waals surface area contributed by atoms with Crippen LogP contribution in [0.2, 0.25) is 0 Å². The average molecular weight is 188 g/mol. The van der Waals surface area contributed by atoms with Crippen molar-refractivity contribution in [2.24, 2.45) is 0 Å². The molecule has 0 amide bonds. The van der Waals surface area contributed by atoms with Gasteiger partial charge in [-0.1, -0.05) is 0 Å². The maximum Gasteiger partial charge on any atom is 0.0632 e. The molecular formula is C10H12N4. The zero-order valence-corrected chi connectivity index (χ0v) is 7.77. The van der Waals surface area contributed by atoms with Crippen molar-refractivity contribution in [3.8, 4) is 12.1 Å². The molecular weight excluding hydrogens is 176 g/mol. The number of anilines is 2. The van der Waals surface area contributed by atoms with Gasteiger partial charge in [0.05, 0.1) is 12.1 Å². The first kappa shape index (κ1) is 11.8. The van der Waals surface area contributed by atoms with Crippen molar-refractivity contribution in [1.29, 1.82) is 10.5 Å². The van der Waals surface area contributed by atoms with Crippen molar-refractivity contribution in [2.45, 2.75) is 12.8 Å². The second-order valence-corrected chi connectivity index (χ2v) is 2.48. The molecule has 0 atom stereocenters. The van der Waals surface area contributed by atoms with Crippen LogP contribution in [0.25, 0.3) is 0 Å². The van der Waals surface area contributed by atoms with Crippen LogP contribution in [0.3, 0.4) is 0 Å². The van der Waals surface area contributed by atoms with Crippen LogP contribution in [0.1, 0.15) is 12.8 Å². The Morgan fingerprint density at radius 1 is 0.857 bits per heavy atom. The standard InChI is InChI=1S/C6H8N2.C4H4N2/c7-5-1-2-6(8)4-3-5;5-3-1-2-4-6/h1-4H,7-8H2;1-2H2. The smallest absolute Gasteiger partial charge is 0.0632 e. The summed E-state index contributed by atoms with van der Waals surface area (Å²) in [7, 11) is 0. The second-order valence-electron chi connectivity index (χ2n) is 2.48. The van der Waals surface area contributed by atoms with Crippen LogP contribution in [0.4, 0.5) is 11.4 Å². The van der Waals surface area contributed by atoms with Gasteiger partial charge in [0.1, 0.15) is 0 Å². The molecule has 1 rings (SSSR count). The van der Waals surface area contributed by atoms with Crippen molar-refractivity contribution >= 4 is 11.4 Å². The van der Waals surface area contributed by atoms with Gasteiger partial charge < -0.3 is 11.5 Å². The summed E-state index contributed by atoms with van der Waals surface area (Å²) < 4.78 is 0. The Bertz CT molecular complexity index is 294. The molecule has 14 heavy (non-hydrogen) atoms. The highest BCUT2D eigenvalue weighted by Gasteiger charge is 1.80. The van der Waals surface area contributed by atoms with Crippen molar-refractivity contribution in [2.75, 3.05) is 11.5 Å². The molecule has 72 valence electrons. The van der Waals surface area contributed by atoms with E-state index in [9.17, 15) is 0 Å². The molecule has 4 N–H and O–H groups in total. The van der Waals surface area contributed by atoms with Crippen molar-refractivity contribution in [1.82, 2.24) is 0 Å². The Kier molecular flexibility index (Phi) is 6.28. The van der Waals surface area contributed by atoms with Crippen LogP contribution in [0.5, 0.6) is 0 Å². The summed E-state index contributed by atoms with van der Waals surface area (Å²) in [6.07, 6.45) is 0.715. The lowest BCUT2D eigenvalue weighted by atomic mass is 10.3. The fraction of sp³-hybridized carbons (Fsp3) is 0.200. The van der Waals surface area contributed by atoms with Gasteiger partial charge in [-0.05, 0) is 24.3 Å². The van der Waals surface area contributed by atoms with Crippen molar-refractivity contribution < 1.29 is 0 Å². The van der Waals surface area contributed by atoms with Crippen LogP contribution >= 0.6 is 0 Å². The van der Waals surface area contributed by atoms with Crippen LogP contribution in [0, 0.1) is 22.7 Å². The molecule has 4 nitrogen and oxygen atoms in total. The van der Waals surface area contributed by atoms with Crippen molar-refractivity contribution in [3.63, 3.8) is 0 Å². The Labute approximate surface area is 83.4 Å². The molecule has 0 aromatic heterocycles. The first-order chi connectivity index (χ1) is 6.70. The third-order valence-corrected chi connectivity index (χ3v) is 1.29. The van der Waals surface area contributed by atoms with Gasteiger partial charge >= 0.3 is 0 Å². The van der Waals surface area contributed by atoms with E-state index in [0.717, 1.165) is 11.4 Å². The summed E-state index contributed by atoms with van der Waals surface area (Å²) in [6.45, 7) is 0. The number of hydrogen-bond donors (Lipinski definition) is 2. The number of unbranched alkanes of at least 4 members (excludes halogenated alkanes) is 1. The largest absolute Gasteiger partial charge is 0.399 e. The highest BCUT2D eigenvalue weighted by molar-refractivity contribution is 5.47. The normalized spacial score (nSPS) is 7.57. The summed E-state index contributed by atoms with van der Waals surface area (Å²) >= 11 is 0. The minimum atomic E-state index is 0.358. The third kappa shape index (κ3) is 6.51. The van der Waals surface area contributed by atoms with E-state index >= 15 is 0 Å². The van der Waals surface area contributed by atoms with Crippen LogP contribution in [-0.2, 0) is 0 Å². The summed E-state index contributed by atoms with van der Waals surface area (Å²) in [4.78, 5) is 0. The number of nitriles is 2. The molecule has 0 fully saturated rings. The predicted octanol–water partition coefficient (Wildman–Crippen LogP) is 1.66. The van der Waals surface area contributed by atoms with Crippen molar-refractivity contribution in [3.05, 3.63) is 24.3 Å². The highest BCUT2D eigenvalue weighted by atomic mass is 14.6. The maximum absolute atomic E-state index is 7.80. The van der Waals surface area contributed by atoms with E-state index in [1.807, 2.05) is 12.1 Å². The number of nitrogens with two attached hydrogens (primary N) is 2. The van der Waals surface area contributed by atoms with Crippen LogP contribution in [-0.4, -0.2) is 0 Å². The fourth-order valence-corrected chi connectivity index (χ4v) is 0.608. The van der Waals surface area contributed by atoms with Gasteiger partial charge in [-0.3, -0.25) is 0 Å². The fourth-order valence-electron chi connectivity index (χ4n) is 0.608. The highest BCUT2D eigenvalue weighted by Crippen LogP contribution is 2.04. The van der Waals surface area contributed by atoms with E-state index in [1.165, 1.54) is 0 Å². The van der Waals surface area contributed by atoms with E-state index in [1.54, 1.807) is 24.3 Å². The minimum Gasteiger partial charge on any atom is -0.399 e. The molecule has 0 aliphatic rings. The van der Waals surface area contributed by atoms with Gasteiger partial charge in [-0.15, -0.1) is 0 Å². The number of nitrogens with zero attached hydrogens (tertiary/aromatic N) is 2.